The van der Waals surface area contributed by atoms with Gasteiger partial charge in [0.1, 0.15) is 10.4 Å². The Morgan fingerprint density at radius 1 is 1.39 bits per heavy atom. The fraction of sp³-hybridized carbons (Fsp3) is 0.381. The van der Waals surface area contributed by atoms with Crippen LogP contribution in [0.2, 0.25) is 0 Å². The van der Waals surface area contributed by atoms with Crippen LogP contribution in [0.4, 0.5) is 5.82 Å². The first kappa shape index (κ1) is 19.1. The molecule has 4 rings (SSSR count). The van der Waals surface area contributed by atoms with Crippen LogP contribution in [0.25, 0.3) is 0 Å². The highest BCUT2D eigenvalue weighted by molar-refractivity contribution is 9.10. The molecule has 0 spiro atoms. The van der Waals surface area contributed by atoms with Crippen LogP contribution in [-0.2, 0) is 11.2 Å². The van der Waals surface area contributed by atoms with E-state index in [0.717, 1.165) is 30.5 Å². The molecule has 1 amide bonds. The van der Waals surface area contributed by atoms with Crippen LogP contribution in [-0.4, -0.2) is 34.6 Å². The average molecular weight is 443 g/mol. The summed E-state index contributed by atoms with van der Waals surface area (Å²) in [7, 11) is 0. The van der Waals surface area contributed by atoms with Gasteiger partial charge in [-0.25, -0.2) is 9.97 Å². The molecule has 1 aliphatic carbocycles. The average Bonchev–Trinajstić information content (AvgIpc) is 3.23. The SMILES string of the molecule is C=CCc1cccc(OC[C@@]23C[C@@H](C(=O)Nc4nc(Br)ccc4C)N[C@@H]2C3)n1. The van der Waals surface area contributed by atoms with Gasteiger partial charge in [0, 0.05) is 29.6 Å². The lowest BCUT2D eigenvalue weighted by Crippen LogP contribution is -2.38. The van der Waals surface area contributed by atoms with Gasteiger partial charge in [-0.1, -0.05) is 18.2 Å². The van der Waals surface area contributed by atoms with E-state index in [4.69, 9.17) is 4.74 Å². The first-order valence-electron chi connectivity index (χ1n) is 9.39. The zero-order chi connectivity index (χ0) is 19.7. The van der Waals surface area contributed by atoms with E-state index in [0.29, 0.717) is 28.9 Å². The minimum Gasteiger partial charge on any atom is -0.477 e. The number of hydrogen-bond donors (Lipinski definition) is 2. The maximum Gasteiger partial charge on any atom is 0.242 e. The number of piperidine rings is 1. The summed E-state index contributed by atoms with van der Waals surface area (Å²) in [6.45, 7) is 6.23. The Morgan fingerprint density at radius 2 is 2.25 bits per heavy atom. The highest BCUT2D eigenvalue weighted by Gasteiger charge is 2.62. The van der Waals surface area contributed by atoms with Gasteiger partial charge in [-0.05, 0) is 53.4 Å². The summed E-state index contributed by atoms with van der Waals surface area (Å²) in [4.78, 5) is 21.5. The molecule has 2 aliphatic rings. The predicted molar refractivity (Wildman–Crippen MR) is 111 cm³/mol. The third-order valence-electron chi connectivity index (χ3n) is 5.47. The number of allylic oxidation sites excluding steroid dienone is 1. The van der Waals surface area contributed by atoms with Gasteiger partial charge in [0.15, 0.2) is 0 Å². The number of fused-ring (bicyclic) bond motifs is 1. The van der Waals surface area contributed by atoms with Crippen LogP contribution in [0.5, 0.6) is 5.88 Å². The van der Waals surface area contributed by atoms with Gasteiger partial charge in [0.25, 0.3) is 0 Å². The molecule has 0 bridgehead atoms. The molecular weight excluding hydrogens is 420 g/mol. The van der Waals surface area contributed by atoms with Crippen molar-refractivity contribution in [2.24, 2.45) is 5.41 Å². The number of amides is 1. The van der Waals surface area contributed by atoms with Crippen molar-refractivity contribution >= 4 is 27.7 Å². The first-order valence-corrected chi connectivity index (χ1v) is 10.2. The number of anilines is 1. The minimum atomic E-state index is -0.234. The number of carbonyl (C=O) groups excluding carboxylic acids is 1. The maximum atomic E-state index is 12.7. The molecule has 3 atom stereocenters. The number of hydrogen-bond acceptors (Lipinski definition) is 5. The number of aromatic nitrogens is 2. The summed E-state index contributed by atoms with van der Waals surface area (Å²) < 4.78 is 6.67. The van der Waals surface area contributed by atoms with Crippen molar-refractivity contribution in [3.63, 3.8) is 0 Å². The molecule has 146 valence electrons. The zero-order valence-electron chi connectivity index (χ0n) is 15.7. The van der Waals surface area contributed by atoms with Crippen molar-refractivity contribution < 1.29 is 9.53 Å². The number of nitrogens with one attached hydrogen (secondary N) is 2. The van der Waals surface area contributed by atoms with Gasteiger partial charge in [-0.2, -0.15) is 0 Å². The van der Waals surface area contributed by atoms with Crippen LogP contribution in [0.1, 0.15) is 24.1 Å². The van der Waals surface area contributed by atoms with Crippen molar-refractivity contribution in [3.05, 3.63) is 58.8 Å². The van der Waals surface area contributed by atoms with Gasteiger partial charge >= 0.3 is 0 Å². The predicted octanol–water partition coefficient (Wildman–Crippen LogP) is 3.41. The smallest absolute Gasteiger partial charge is 0.242 e. The molecule has 6 nitrogen and oxygen atoms in total. The number of pyridine rings is 2. The Hall–Kier alpha value is -2.25. The van der Waals surface area contributed by atoms with Crippen molar-refractivity contribution in [2.75, 3.05) is 11.9 Å². The summed E-state index contributed by atoms with van der Waals surface area (Å²) in [5.41, 5.74) is 1.89. The summed E-state index contributed by atoms with van der Waals surface area (Å²) in [5, 5.41) is 6.37. The summed E-state index contributed by atoms with van der Waals surface area (Å²) >= 11 is 3.35. The molecule has 2 aromatic heterocycles. The van der Waals surface area contributed by atoms with E-state index in [-0.39, 0.29) is 17.4 Å². The molecule has 0 unspecified atom stereocenters. The van der Waals surface area contributed by atoms with Crippen molar-refractivity contribution in [3.8, 4) is 5.88 Å². The lowest BCUT2D eigenvalue weighted by atomic mass is 10.0. The van der Waals surface area contributed by atoms with E-state index in [1.165, 1.54) is 0 Å². The fourth-order valence-electron chi connectivity index (χ4n) is 3.76. The number of halogens is 1. The van der Waals surface area contributed by atoms with Crippen LogP contribution in [0, 0.1) is 12.3 Å². The van der Waals surface area contributed by atoms with E-state index in [2.05, 4.69) is 43.1 Å². The van der Waals surface area contributed by atoms with Crippen molar-refractivity contribution in [1.82, 2.24) is 15.3 Å². The van der Waals surface area contributed by atoms with Gasteiger partial charge in [-0.3, -0.25) is 4.79 Å². The number of nitrogens with zero attached hydrogens (tertiary/aromatic N) is 2. The number of aryl methyl sites for hydroxylation is 1. The molecule has 3 heterocycles. The van der Waals surface area contributed by atoms with Gasteiger partial charge in [0.05, 0.1) is 12.6 Å². The maximum absolute atomic E-state index is 12.7. The van der Waals surface area contributed by atoms with Crippen molar-refractivity contribution in [2.45, 2.75) is 38.3 Å². The topological polar surface area (TPSA) is 76.1 Å². The highest BCUT2D eigenvalue weighted by Crippen LogP contribution is 2.54. The molecule has 7 heteroatoms. The molecule has 1 aliphatic heterocycles. The molecule has 2 fully saturated rings. The Kier molecular flexibility index (Phi) is 5.21. The minimum absolute atomic E-state index is 0.0118. The molecular formula is C21H23BrN4O2. The van der Waals surface area contributed by atoms with E-state index in [9.17, 15) is 4.79 Å². The monoisotopic (exact) mass is 442 g/mol. The number of carbonyl (C=O) groups is 1. The molecule has 1 saturated heterocycles. The molecule has 2 aromatic rings. The first-order chi connectivity index (χ1) is 13.5. The van der Waals surface area contributed by atoms with E-state index in [1.807, 2.05) is 43.3 Å². The third kappa shape index (κ3) is 3.95. The van der Waals surface area contributed by atoms with Gasteiger partial charge < -0.3 is 15.4 Å². The van der Waals surface area contributed by atoms with Crippen LogP contribution >= 0.6 is 15.9 Å². The lowest BCUT2D eigenvalue weighted by molar-refractivity contribution is -0.118. The number of ether oxygens (including phenoxy) is 1. The van der Waals surface area contributed by atoms with Crippen LogP contribution in [0.3, 0.4) is 0 Å². The zero-order valence-corrected chi connectivity index (χ0v) is 17.3. The summed E-state index contributed by atoms with van der Waals surface area (Å²) in [5.74, 6) is 1.17. The molecule has 0 aromatic carbocycles. The standard InChI is InChI=1S/C21H23BrN4O2/c1-3-5-14-6-4-7-18(23-14)28-12-21-10-15(24-16(21)11-21)20(27)26-19-13(2)8-9-17(22)25-19/h3-4,6-9,15-16,24H,1,5,10-12H2,2H3,(H,25,26,27)/t15-,16+,21-/m0/s1. The van der Waals surface area contributed by atoms with Crippen LogP contribution in [0.15, 0.2) is 47.6 Å². The Labute approximate surface area is 172 Å². The summed E-state index contributed by atoms with van der Waals surface area (Å²) in [6, 6.07) is 9.64. The fourth-order valence-corrected chi connectivity index (χ4v) is 4.07. The van der Waals surface area contributed by atoms with E-state index >= 15 is 0 Å². The molecule has 0 radical (unpaired) electrons. The van der Waals surface area contributed by atoms with Crippen LogP contribution < -0.4 is 15.4 Å². The highest BCUT2D eigenvalue weighted by atomic mass is 79.9. The van der Waals surface area contributed by atoms with Gasteiger partial charge in [-0.15, -0.1) is 6.58 Å². The molecule has 1 saturated carbocycles. The largest absolute Gasteiger partial charge is 0.477 e. The quantitative estimate of drug-likeness (QED) is 0.507. The second-order valence-corrected chi connectivity index (χ2v) is 8.39. The normalized spacial score (nSPS) is 25.1. The Bertz CT molecular complexity index is 919. The third-order valence-corrected chi connectivity index (χ3v) is 5.91. The lowest BCUT2D eigenvalue weighted by Gasteiger charge is -2.17. The van der Waals surface area contributed by atoms with E-state index < -0.39 is 0 Å². The summed E-state index contributed by atoms with van der Waals surface area (Å²) in [6.07, 6.45) is 4.33. The Balaban J connectivity index is 1.35. The second-order valence-electron chi connectivity index (χ2n) is 7.58. The molecule has 28 heavy (non-hydrogen) atoms. The second kappa shape index (κ2) is 7.64. The van der Waals surface area contributed by atoms with E-state index in [1.54, 1.807) is 0 Å². The number of rotatable bonds is 7. The molecule has 2 N–H and O–H groups in total. The van der Waals surface area contributed by atoms with Gasteiger partial charge in [0.2, 0.25) is 11.8 Å². The Morgan fingerprint density at radius 3 is 3.07 bits per heavy atom. The van der Waals surface area contributed by atoms with Crippen molar-refractivity contribution in [1.29, 1.82) is 0 Å².